The van der Waals surface area contributed by atoms with Crippen molar-refractivity contribution in [1.29, 1.82) is 0 Å². The molecule has 1 rings (SSSR count). The lowest BCUT2D eigenvalue weighted by molar-refractivity contribution is -0.122. The predicted octanol–water partition coefficient (Wildman–Crippen LogP) is 1.81. The second-order valence-corrected chi connectivity index (χ2v) is 5.48. The molecule has 0 aromatic heterocycles. The molecule has 0 fully saturated rings. The van der Waals surface area contributed by atoms with Crippen LogP contribution in [-0.2, 0) is 4.79 Å². The van der Waals surface area contributed by atoms with Gasteiger partial charge in [-0.15, -0.1) is 0 Å². The Morgan fingerprint density at radius 3 is 2.55 bits per heavy atom. The van der Waals surface area contributed by atoms with Crippen LogP contribution in [0, 0.1) is 5.92 Å². The van der Waals surface area contributed by atoms with Crippen LogP contribution < -0.4 is 16.4 Å². The van der Waals surface area contributed by atoms with E-state index in [-0.39, 0.29) is 11.5 Å². The van der Waals surface area contributed by atoms with Gasteiger partial charge in [0.2, 0.25) is 5.91 Å². The van der Waals surface area contributed by atoms with Crippen LogP contribution >= 0.6 is 11.6 Å². The Kier molecular flexibility index (Phi) is 5.82. The normalized spacial score (nSPS) is 12.1. The molecule has 110 valence electrons. The van der Waals surface area contributed by atoms with Crippen LogP contribution in [-0.4, -0.2) is 24.4 Å². The summed E-state index contributed by atoms with van der Waals surface area (Å²) < 4.78 is 0. The van der Waals surface area contributed by atoms with E-state index in [4.69, 9.17) is 17.3 Å². The highest BCUT2D eigenvalue weighted by Gasteiger charge is 2.18. The molecule has 0 spiro atoms. The molecule has 5 nitrogen and oxygen atoms in total. The van der Waals surface area contributed by atoms with Crippen LogP contribution in [0.5, 0.6) is 0 Å². The molecule has 0 aliphatic carbocycles. The van der Waals surface area contributed by atoms with Gasteiger partial charge in [-0.3, -0.25) is 9.59 Å². The number of carbonyl (C=O) groups is 2. The second-order valence-electron chi connectivity index (χ2n) is 5.07. The van der Waals surface area contributed by atoms with Gasteiger partial charge in [-0.05, 0) is 31.0 Å². The summed E-state index contributed by atoms with van der Waals surface area (Å²) in [5.74, 6) is -0.299. The van der Waals surface area contributed by atoms with E-state index in [0.717, 1.165) is 0 Å². The summed E-state index contributed by atoms with van der Waals surface area (Å²) in [6.07, 6.45) is 0. The largest absolute Gasteiger partial charge is 0.399 e. The summed E-state index contributed by atoms with van der Waals surface area (Å²) in [5.41, 5.74) is 6.32. The lowest BCUT2D eigenvalue weighted by atomic mass is 10.1. The number of halogens is 1. The van der Waals surface area contributed by atoms with Crippen molar-refractivity contribution in [3.8, 4) is 0 Å². The minimum Gasteiger partial charge on any atom is -0.399 e. The Hall–Kier alpha value is -1.75. The first-order chi connectivity index (χ1) is 9.31. The molecule has 0 heterocycles. The lowest BCUT2D eigenvalue weighted by Gasteiger charge is -2.15. The van der Waals surface area contributed by atoms with Crippen LogP contribution in [0.4, 0.5) is 5.69 Å². The van der Waals surface area contributed by atoms with E-state index < -0.39 is 11.9 Å². The molecular weight excluding hydrogens is 278 g/mol. The van der Waals surface area contributed by atoms with Crippen molar-refractivity contribution in [2.45, 2.75) is 26.8 Å². The molecular formula is C14H20ClN3O2. The highest BCUT2D eigenvalue weighted by Crippen LogP contribution is 2.18. The molecule has 2 amide bonds. The van der Waals surface area contributed by atoms with Gasteiger partial charge in [0, 0.05) is 12.2 Å². The van der Waals surface area contributed by atoms with Gasteiger partial charge in [0.15, 0.2) is 0 Å². The van der Waals surface area contributed by atoms with Gasteiger partial charge in [-0.2, -0.15) is 0 Å². The monoisotopic (exact) mass is 297 g/mol. The van der Waals surface area contributed by atoms with Gasteiger partial charge in [-0.25, -0.2) is 0 Å². The van der Waals surface area contributed by atoms with E-state index >= 15 is 0 Å². The smallest absolute Gasteiger partial charge is 0.253 e. The SMILES string of the molecule is CC(C)CNC(=O)C(C)NC(=O)c1cc(N)ccc1Cl. The van der Waals surface area contributed by atoms with Crippen molar-refractivity contribution in [1.82, 2.24) is 10.6 Å². The van der Waals surface area contributed by atoms with E-state index in [1.54, 1.807) is 19.1 Å². The Bertz CT molecular complexity index is 503. The van der Waals surface area contributed by atoms with Crippen molar-refractivity contribution in [2.75, 3.05) is 12.3 Å². The lowest BCUT2D eigenvalue weighted by Crippen LogP contribution is -2.45. The molecule has 1 unspecified atom stereocenters. The van der Waals surface area contributed by atoms with E-state index in [1.165, 1.54) is 6.07 Å². The number of hydrogen-bond donors (Lipinski definition) is 3. The Balaban J connectivity index is 2.65. The number of carbonyl (C=O) groups excluding carboxylic acids is 2. The molecule has 0 saturated heterocycles. The maximum absolute atomic E-state index is 12.0. The summed E-state index contributed by atoms with van der Waals surface area (Å²) in [6.45, 7) is 6.18. The first-order valence-corrected chi connectivity index (χ1v) is 6.82. The number of amides is 2. The van der Waals surface area contributed by atoms with Crippen molar-refractivity contribution in [3.05, 3.63) is 28.8 Å². The number of nitrogens with two attached hydrogens (primary N) is 1. The van der Waals surface area contributed by atoms with Crippen LogP contribution in [0.1, 0.15) is 31.1 Å². The maximum Gasteiger partial charge on any atom is 0.253 e. The predicted molar refractivity (Wildman–Crippen MR) is 80.6 cm³/mol. The minimum absolute atomic E-state index is 0.230. The second kappa shape index (κ2) is 7.14. The molecule has 0 bridgehead atoms. The highest BCUT2D eigenvalue weighted by atomic mass is 35.5. The molecule has 6 heteroatoms. The third-order valence-corrected chi connectivity index (χ3v) is 2.99. The average Bonchev–Trinajstić information content (AvgIpc) is 2.38. The molecule has 1 aromatic carbocycles. The Labute approximate surface area is 123 Å². The molecule has 0 radical (unpaired) electrons. The molecule has 20 heavy (non-hydrogen) atoms. The zero-order chi connectivity index (χ0) is 15.3. The van der Waals surface area contributed by atoms with Crippen molar-refractivity contribution >= 4 is 29.1 Å². The standard InChI is InChI=1S/C14H20ClN3O2/c1-8(2)7-17-13(19)9(3)18-14(20)11-6-10(16)4-5-12(11)15/h4-6,8-9H,7,16H2,1-3H3,(H,17,19)(H,18,20). The summed E-state index contributed by atoms with van der Waals surface area (Å²) in [6, 6.07) is 4.00. The van der Waals surface area contributed by atoms with Gasteiger partial charge >= 0.3 is 0 Å². The number of nitrogens with one attached hydrogen (secondary N) is 2. The zero-order valence-corrected chi connectivity index (χ0v) is 12.6. The van der Waals surface area contributed by atoms with E-state index in [0.29, 0.717) is 23.2 Å². The highest BCUT2D eigenvalue weighted by molar-refractivity contribution is 6.34. The fourth-order valence-corrected chi connectivity index (χ4v) is 1.72. The summed E-state index contributed by atoms with van der Waals surface area (Å²) >= 11 is 5.94. The van der Waals surface area contributed by atoms with Crippen LogP contribution in [0.25, 0.3) is 0 Å². The van der Waals surface area contributed by atoms with E-state index in [2.05, 4.69) is 10.6 Å². The number of rotatable bonds is 5. The third-order valence-electron chi connectivity index (χ3n) is 2.66. The first kappa shape index (κ1) is 16.3. The van der Waals surface area contributed by atoms with E-state index in [1.807, 2.05) is 13.8 Å². The topological polar surface area (TPSA) is 84.2 Å². The van der Waals surface area contributed by atoms with Crippen LogP contribution in [0.15, 0.2) is 18.2 Å². The number of nitrogen functional groups attached to an aromatic ring is 1. The average molecular weight is 298 g/mol. The van der Waals surface area contributed by atoms with Crippen molar-refractivity contribution in [2.24, 2.45) is 5.92 Å². The fraction of sp³-hybridized carbons (Fsp3) is 0.429. The van der Waals surface area contributed by atoms with Gasteiger partial charge in [0.1, 0.15) is 6.04 Å². The number of anilines is 1. The van der Waals surface area contributed by atoms with Crippen molar-refractivity contribution in [3.63, 3.8) is 0 Å². The molecule has 4 N–H and O–H groups in total. The summed E-state index contributed by atoms with van der Waals surface area (Å²) in [4.78, 5) is 23.8. The van der Waals surface area contributed by atoms with Gasteiger partial charge in [-0.1, -0.05) is 25.4 Å². The number of benzene rings is 1. The van der Waals surface area contributed by atoms with E-state index in [9.17, 15) is 9.59 Å². The summed E-state index contributed by atoms with van der Waals surface area (Å²) in [7, 11) is 0. The summed E-state index contributed by atoms with van der Waals surface area (Å²) in [5, 5.41) is 5.65. The van der Waals surface area contributed by atoms with Gasteiger partial charge < -0.3 is 16.4 Å². The Morgan fingerprint density at radius 2 is 1.95 bits per heavy atom. The Morgan fingerprint density at radius 1 is 1.30 bits per heavy atom. The molecule has 1 aromatic rings. The molecule has 0 saturated carbocycles. The molecule has 1 atom stereocenters. The zero-order valence-electron chi connectivity index (χ0n) is 11.9. The molecule has 0 aliphatic heterocycles. The maximum atomic E-state index is 12.0. The minimum atomic E-state index is -0.640. The van der Waals surface area contributed by atoms with Crippen molar-refractivity contribution < 1.29 is 9.59 Å². The number of hydrogen-bond acceptors (Lipinski definition) is 3. The third kappa shape index (κ3) is 4.74. The molecule has 0 aliphatic rings. The van der Waals surface area contributed by atoms with Gasteiger partial charge in [0.05, 0.1) is 10.6 Å². The van der Waals surface area contributed by atoms with Crippen LogP contribution in [0.2, 0.25) is 5.02 Å². The van der Waals surface area contributed by atoms with Crippen LogP contribution in [0.3, 0.4) is 0 Å². The van der Waals surface area contributed by atoms with Gasteiger partial charge in [0.25, 0.3) is 5.91 Å². The fourth-order valence-electron chi connectivity index (χ4n) is 1.51. The first-order valence-electron chi connectivity index (χ1n) is 6.45. The quantitative estimate of drug-likeness (QED) is 0.725.